The van der Waals surface area contributed by atoms with Gasteiger partial charge in [-0.25, -0.2) is 9.97 Å². The molecule has 0 aliphatic heterocycles. The third kappa shape index (κ3) is 4.88. The molecule has 0 amide bonds. The van der Waals surface area contributed by atoms with E-state index >= 15 is 0 Å². The number of rotatable bonds is 9. The van der Waals surface area contributed by atoms with Crippen molar-refractivity contribution in [2.75, 3.05) is 24.5 Å². The summed E-state index contributed by atoms with van der Waals surface area (Å²) < 4.78 is 34.5. The average Bonchev–Trinajstić information content (AvgIpc) is 2.58. The van der Waals surface area contributed by atoms with E-state index < -0.39 is 10.2 Å². The lowest BCUT2D eigenvalue weighted by molar-refractivity contribution is 0.197. The van der Waals surface area contributed by atoms with Gasteiger partial charge in [-0.3, -0.25) is 4.72 Å². The van der Waals surface area contributed by atoms with Crippen LogP contribution in [-0.2, 0) is 10.2 Å². The zero-order valence-electron chi connectivity index (χ0n) is 13.3. The van der Waals surface area contributed by atoms with Crippen LogP contribution < -0.4 is 14.2 Å². The predicted molar refractivity (Wildman–Crippen MR) is 90.9 cm³/mol. The summed E-state index contributed by atoms with van der Waals surface area (Å²) >= 11 is 0. The highest BCUT2D eigenvalue weighted by Gasteiger charge is 2.19. The molecule has 0 aliphatic rings. The van der Waals surface area contributed by atoms with Gasteiger partial charge in [0.2, 0.25) is 5.88 Å². The van der Waals surface area contributed by atoms with Gasteiger partial charge in [0.15, 0.2) is 5.82 Å². The zero-order chi connectivity index (χ0) is 17.4. The summed E-state index contributed by atoms with van der Waals surface area (Å²) in [4.78, 5) is 8.08. The number of hydrogen-bond donors (Lipinski definition) is 3. The maximum Gasteiger partial charge on any atom is 0.300 e. The van der Waals surface area contributed by atoms with Crippen LogP contribution in [0.5, 0.6) is 5.88 Å². The molecule has 2 rings (SSSR count). The third-order valence-corrected chi connectivity index (χ3v) is 4.02. The Morgan fingerprint density at radius 2 is 1.96 bits per heavy atom. The normalized spacial score (nSPS) is 11.2. The summed E-state index contributed by atoms with van der Waals surface area (Å²) in [5, 5.41) is 8.95. The number of aliphatic hydroxyl groups is 1. The molecule has 3 N–H and O–H groups in total. The molecule has 9 heteroatoms. The van der Waals surface area contributed by atoms with Crippen LogP contribution in [0.4, 0.5) is 5.82 Å². The minimum atomic E-state index is -3.76. The van der Waals surface area contributed by atoms with Crippen molar-refractivity contribution in [3.05, 3.63) is 36.7 Å². The fourth-order valence-corrected chi connectivity index (χ4v) is 2.92. The highest BCUT2D eigenvalue weighted by molar-refractivity contribution is 7.90. The predicted octanol–water partition coefficient (Wildman–Crippen LogP) is 1.17. The molecule has 0 fully saturated rings. The van der Waals surface area contributed by atoms with Crippen LogP contribution in [0.1, 0.15) is 13.3 Å². The lowest BCUT2D eigenvalue weighted by Crippen LogP contribution is -2.31. The quantitative estimate of drug-likeness (QED) is 0.624. The van der Waals surface area contributed by atoms with E-state index in [-0.39, 0.29) is 24.9 Å². The van der Waals surface area contributed by atoms with E-state index in [2.05, 4.69) is 19.4 Å². The van der Waals surface area contributed by atoms with Gasteiger partial charge in [-0.1, -0.05) is 37.3 Å². The van der Waals surface area contributed by atoms with Gasteiger partial charge in [-0.2, -0.15) is 13.1 Å². The number of hydrogen-bond acceptors (Lipinski definition) is 6. The summed E-state index contributed by atoms with van der Waals surface area (Å²) in [7, 11) is -3.76. The van der Waals surface area contributed by atoms with Crippen molar-refractivity contribution < 1.29 is 18.3 Å². The minimum absolute atomic E-state index is 0.0388. The average molecular weight is 352 g/mol. The molecular weight excluding hydrogens is 332 g/mol. The zero-order valence-corrected chi connectivity index (χ0v) is 14.1. The fraction of sp³-hybridized carbons (Fsp3) is 0.333. The van der Waals surface area contributed by atoms with E-state index in [4.69, 9.17) is 9.84 Å². The second-order valence-electron chi connectivity index (χ2n) is 4.84. The van der Waals surface area contributed by atoms with E-state index in [1.165, 1.54) is 6.33 Å². The Hall–Kier alpha value is -2.23. The first-order valence-electron chi connectivity index (χ1n) is 7.49. The molecule has 0 radical (unpaired) electrons. The first kappa shape index (κ1) is 18.1. The molecule has 2 aromatic rings. The summed E-state index contributed by atoms with van der Waals surface area (Å²) in [5.74, 6) is 0.297. The summed E-state index contributed by atoms with van der Waals surface area (Å²) in [6.07, 6.45) is 1.87. The molecule has 1 aromatic heterocycles. The fourth-order valence-electron chi connectivity index (χ4n) is 1.96. The topological polar surface area (TPSA) is 113 Å². The molecule has 0 bridgehead atoms. The summed E-state index contributed by atoms with van der Waals surface area (Å²) in [6.45, 7) is 2.03. The van der Waals surface area contributed by atoms with Crippen LogP contribution in [0.3, 0.4) is 0 Å². The molecule has 1 heterocycles. The maximum atomic E-state index is 12.1. The van der Waals surface area contributed by atoms with E-state index in [9.17, 15) is 8.42 Å². The Morgan fingerprint density at radius 1 is 1.21 bits per heavy atom. The van der Waals surface area contributed by atoms with Crippen molar-refractivity contribution in [3.8, 4) is 17.0 Å². The lowest BCUT2D eigenvalue weighted by Gasteiger charge is -2.15. The van der Waals surface area contributed by atoms with Crippen molar-refractivity contribution in [2.24, 2.45) is 0 Å². The Balaban J connectivity index is 2.43. The Kier molecular flexibility index (Phi) is 6.47. The monoisotopic (exact) mass is 352 g/mol. The lowest BCUT2D eigenvalue weighted by atomic mass is 10.1. The van der Waals surface area contributed by atoms with Crippen molar-refractivity contribution in [1.82, 2.24) is 14.7 Å². The van der Waals surface area contributed by atoms with E-state index in [0.717, 1.165) is 0 Å². The number of aliphatic hydroxyl groups excluding tert-OH is 1. The molecule has 0 unspecified atom stereocenters. The molecule has 0 aliphatic carbocycles. The number of aromatic nitrogens is 2. The van der Waals surface area contributed by atoms with Gasteiger partial charge in [0.25, 0.3) is 10.2 Å². The Labute approximate surface area is 141 Å². The molecule has 0 atom stereocenters. The van der Waals surface area contributed by atoms with Gasteiger partial charge in [-0.05, 0) is 12.0 Å². The third-order valence-electron chi connectivity index (χ3n) is 2.98. The molecular formula is C15H20N4O4S. The molecule has 0 saturated carbocycles. The number of nitrogens with one attached hydrogen (secondary N) is 2. The first-order chi connectivity index (χ1) is 11.6. The van der Waals surface area contributed by atoms with Crippen molar-refractivity contribution >= 4 is 16.0 Å². The standard InChI is InChI=1S/C15H20N4O4S/c1-2-8-18-24(21,22)19-14-13(12-6-4-3-5-7-12)15(17-11-16-14)23-10-9-20/h3-7,11,18,20H,2,8-10H2,1H3,(H,16,17,19). The van der Waals surface area contributed by atoms with Crippen LogP contribution >= 0.6 is 0 Å². The van der Waals surface area contributed by atoms with Crippen LogP contribution in [0.2, 0.25) is 0 Å². The SMILES string of the molecule is CCCNS(=O)(=O)Nc1ncnc(OCCO)c1-c1ccccc1. The van der Waals surface area contributed by atoms with Crippen molar-refractivity contribution in [2.45, 2.75) is 13.3 Å². The second kappa shape index (κ2) is 8.57. The summed E-state index contributed by atoms with van der Waals surface area (Å²) in [5.41, 5.74) is 1.10. The minimum Gasteiger partial charge on any atom is -0.475 e. The largest absolute Gasteiger partial charge is 0.475 e. The smallest absolute Gasteiger partial charge is 0.300 e. The van der Waals surface area contributed by atoms with Gasteiger partial charge in [-0.15, -0.1) is 0 Å². The van der Waals surface area contributed by atoms with Gasteiger partial charge in [0, 0.05) is 6.54 Å². The van der Waals surface area contributed by atoms with Gasteiger partial charge < -0.3 is 9.84 Å². The van der Waals surface area contributed by atoms with Crippen LogP contribution in [-0.4, -0.2) is 43.3 Å². The van der Waals surface area contributed by atoms with E-state index in [0.29, 0.717) is 24.1 Å². The second-order valence-corrected chi connectivity index (χ2v) is 6.34. The van der Waals surface area contributed by atoms with Crippen molar-refractivity contribution in [1.29, 1.82) is 0 Å². The molecule has 130 valence electrons. The van der Waals surface area contributed by atoms with E-state index in [1.807, 2.05) is 25.1 Å². The molecule has 8 nitrogen and oxygen atoms in total. The highest BCUT2D eigenvalue weighted by Crippen LogP contribution is 2.33. The van der Waals surface area contributed by atoms with Crippen molar-refractivity contribution in [3.63, 3.8) is 0 Å². The van der Waals surface area contributed by atoms with Crippen LogP contribution in [0.25, 0.3) is 11.1 Å². The van der Waals surface area contributed by atoms with Gasteiger partial charge in [0.1, 0.15) is 12.9 Å². The maximum absolute atomic E-state index is 12.1. The number of benzene rings is 1. The molecule has 0 spiro atoms. The number of nitrogens with zero attached hydrogens (tertiary/aromatic N) is 2. The first-order valence-corrected chi connectivity index (χ1v) is 8.97. The molecule has 24 heavy (non-hydrogen) atoms. The number of anilines is 1. The number of ether oxygens (including phenoxy) is 1. The Morgan fingerprint density at radius 3 is 2.62 bits per heavy atom. The van der Waals surface area contributed by atoms with E-state index in [1.54, 1.807) is 12.1 Å². The van der Waals surface area contributed by atoms with Gasteiger partial charge in [0.05, 0.1) is 12.2 Å². The van der Waals surface area contributed by atoms with Gasteiger partial charge >= 0.3 is 0 Å². The molecule has 1 aromatic carbocycles. The van der Waals surface area contributed by atoms with Crippen LogP contribution in [0, 0.1) is 0 Å². The summed E-state index contributed by atoms with van der Waals surface area (Å²) in [6, 6.07) is 9.05. The van der Waals surface area contributed by atoms with Crippen LogP contribution in [0.15, 0.2) is 36.7 Å². The highest BCUT2D eigenvalue weighted by atomic mass is 32.2. The molecule has 0 saturated heterocycles. The Bertz CT molecular complexity index is 753.